The molecule has 0 atom stereocenters. The van der Waals surface area contributed by atoms with Crippen LogP contribution in [0.15, 0.2) is 42.6 Å². The fourth-order valence-corrected chi connectivity index (χ4v) is 3.99. The van der Waals surface area contributed by atoms with Gasteiger partial charge in [-0.15, -0.1) is 5.10 Å². The Labute approximate surface area is 183 Å². The second kappa shape index (κ2) is 9.47. The molecule has 2 aromatic heterocycles. The maximum Gasteiger partial charge on any atom is 0.251 e. The van der Waals surface area contributed by atoms with Gasteiger partial charge < -0.3 is 16.4 Å². The van der Waals surface area contributed by atoms with Gasteiger partial charge in [-0.25, -0.2) is 9.50 Å². The fourth-order valence-electron chi connectivity index (χ4n) is 3.99. The molecule has 1 amide bonds. The molecule has 4 rings (SSSR count). The Kier molecular flexibility index (Phi) is 6.51. The van der Waals surface area contributed by atoms with Crippen molar-refractivity contribution in [2.75, 3.05) is 11.9 Å². The van der Waals surface area contributed by atoms with E-state index >= 15 is 0 Å². The molecule has 0 saturated heterocycles. The number of imidazole rings is 1. The molecule has 164 valence electrons. The second-order valence-corrected chi connectivity index (χ2v) is 8.90. The zero-order valence-corrected chi connectivity index (χ0v) is 18.3. The number of carbonyl (C=O) groups is 1. The van der Waals surface area contributed by atoms with Crippen LogP contribution in [-0.2, 0) is 0 Å². The first-order chi connectivity index (χ1) is 15.0. The Bertz CT molecular complexity index is 1020. The smallest absolute Gasteiger partial charge is 0.251 e. The highest BCUT2D eigenvalue weighted by atomic mass is 16.1. The molecule has 1 fully saturated rings. The molecule has 31 heavy (non-hydrogen) atoms. The molecule has 1 saturated carbocycles. The van der Waals surface area contributed by atoms with E-state index in [9.17, 15) is 4.79 Å². The number of nitrogens with two attached hydrogens (primary N) is 1. The predicted octanol–water partition coefficient (Wildman–Crippen LogP) is 3.85. The first-order valence-electron chi connectivity index (χ1n) is 11.2. The van der Waals surface area contributed by atoms with Crippen LogP contribution >= 0.6 is 0 Å². The first-order valence-corrected chi connectivity index (χ1v) is 11.2. The lowest BCUT2D eigenvalue weighted by molar-refractivity contribution is 0.0952. The van der Waals surface area contributed by atoms with E-state index in [0.29, 0.717) is 30.1 Å². The third kappa shape index (κ3) is 5.22. The Morgan fingerprint density at radius 1 is 1.13 bits per heavy atom. The number of anilines is 1. The standard InChI is InChI=1S/C24H32N6O/c1-16(2)13-14-26-24(31)18-5-3-17(4-6-18)21-15-27-23-12-11-22(29-30(21)23)28-20-9-7-19(25)8-10-20/h3-6,11-12,15-16,19-20H,7-10,13-14,25H2,1-2H3,(H,26,31)(H,28,29)/t19-,20+. The molecule has 0 aliphatic heterocycles. The summed E-state index contributed by atoms with van der Waals surface area (Å²) >= 11 is 0. The lowest BCUT2D eigenvalue weighted by atomic mass is 9.92. The predicted molar refractivity (Wildman–Crippen MR) is 124 cm³/mol. The van der Waals surface area contributed by atoms with Gasteiger partial charge in [0.05, 0.1) is 11.9 Å². The van der Waals surface area contributed by atoms with Gasteiger partial charge in [-0.3, -0.25) is 4.79 Å². The highest BCUT2D eigenvalue weighted by molar-refractivity contribution is 5.94. The molecule has 7 heteroatoms. The zero-order valence-electron chi connectivity index (χ0n) is 18.3. The Morgan fingerprint density at radius 3 is 2.58 bits per heavy atom. The number of fused-ring (bicyclic) bond motifs is 1. The molecule has 3 aromatic rings. The summed E-state index contributed by atoms with van der Waals surface area (Å²) in [5.74, 6) is 1.37. The van der Waals surface area contributed by atoms with Crippen molar-refractivity contribution in [1.82, 2.24) is 19.9 Å². The molecule has 0 unspecified atom stereocenters. The molecule has 4 N–H and O–H groups in total. The van der Waals surface area contributed by atoms with Gasteiger partial charge in [0.15, 0.2) is 5.65 Å². The minimum Gasteiger partial charge on any atom is -0.366 e. The summed E-state index contributed by atoms with van der Waals surface area (Å²) in [7, 11) is 0. The number of rotatable bonds is 7. The molecule has 1 aliphatic rings. The summed E-state index contributed by atoms with van der Waals surface area (Å²) in [5.41, 5.74) is 9.34. The Morgan fingerprint density at radius 2 is 1.87 bits per heavy atom. The largest absolute Gasteiger partial charge is 0.366 e. The van der Waals surface area contributed by atoms with Gasteiger partial charge in [-0.05, 0) is 62.3 Å². The lowest BCUT2D eigenvalue weighted by Gasteiger charge is -2.27. The highest BCUT2D eigenvalue weighted by Crippen LogP contribution is 2.23. The number of aromatic nitrogens is 3. The SMILES string of the molecule is CC(C)CCNC(=O)c1ccc(-c2cnc3ccc(N[C@H]4CC[C@@H](N)CC4)nn23)cc1. The lowest BCUT2D eigenvalue weighted by Crippen LogP contribution is -2.33. The monoisotopic (exact) mass is 420 g/mol. The van der Waals surface area contributed by atoms with Crippen LogP contribution in [0.5, 0.6) is 0 Å². The molecule has 1 aromatic carbocycles. The van der Waals surface area contributed by atoms with Crippen molar-refractivity contribution in [1.29, 1.82) is 0 Å². The summed E-state index contributed by atoms with van der Waals surface area (Å²) in [4.78, 5) is 16.8. The van der Waals surface area contributed by atoms with Crippen molar-refractivity contribution in [2.45, 2.75) is 58.0 Å². The van der Waals surface area contributed by atoms with Gasteiger partial charge in [0.2, 0.25) is 0 Å². The molecular weight excluding hydrogens is 388 g/mol. The normalized spacial score (nSPS) is 19.0. The van der Waals surface area contributed by atoms with Crippen molar-refractivity contribution in [3.8, 4) is 11.3 Å². The molecule has 0 bridgehead atoms. The third-order valence-electron chi connectivity index (χ3n) is 5.94. The van der Waals surface area contributed by atoms with E-state index < -0.39 is 0 Å². The average Bonchev–Trinajstić information content (AvgIpc) is 3.18. The average molecular weight is 421 g/mol. The van der Waals surface area contributed by atoms with Crippen LogP contribution in [0.4, 0.5) is 5.82 Å². The van der Waals surface area contributed by atoms with Crippen LogP contribution < -0.4 is 16.4 Å². The van der Waals surface area contributed by atoms with E-state index in [1.54, 1.807) is 0 Å². The van der Waals surface area contributed by atoms with Gasteiger partial charge in [0.1, 0.15) is 5.82 Å². The maximum atomic E-state index is 12.3. The van der Waals surface area contributed by atoms with Crippen LogP contribution in [0.3, 0.4) is 0 Å². The highest BCUT2D eigenvalue weighted by Gasteiger charge is 2.19. The second-order valence-electron chi connectivity index (χ2n) is 8.90. The molecule has 7 nitrogen and oxygen atoms in total. The van der Waals surface area contributed by atoms with Crippen molar-refractivity contribution in [2.24, 2.45) is 11.7 Å². The van der Waals surface area contributed by atoms with Crippen molar-refractivity contribution >= 4 is 17.4 Å². The number of nitrogens with zero attached hydrogens (tertiary/aromatic N) is 3. The van der Waals surface area contributed by atoms with Crippen molar-refractivity contribution in [3.63, 3.8) is 0 Å². The molecule has 0 radical (unpaired) electrons. The van der Waals surface area contributed by atoms with Crippen molar-refractivity contribution < 1.29 is 4.79 Å². The summed E-state index contributed by atoms with van der Waals surface area (Å²) in [6, 6.07) is 12.3. The fraction of sp³-hybridized carbons (Fsp3) is 0.458. The minimum atomic E-state index is -0.0397. The Hall–Kier alpha value is -2.93. The van der Waals surface area contributed by atoms with Gasteiger partial charge in [-0.2, -0.15) is 0 Å². The van der Waals surface area contributed by atoms with Crippen LogP contribution in [0.1, 0.15) is 56.3 Å². The van der Waals surface area contributed by atoms with E-state index in [1.165, 1.54) is 0 Å². The molecule has 1 aliphatic carbocycles. The molecule has 0 spiro atoms. The summed E-state index contributed by atoms with van der Waals surface area (Å²) in [5, 5.41) is 11.3. The molecular formula is C24H32N6O. The number of hydrogen-bond acceptors (Lipinski definition) is 5. The van der Waals surface area contributed by atoms with Gasteiger partial charge >= 0.3 is 0 Å². The molecule has 2 heterocycles. The minimum absolute atomic E-state index is 0.0397. The van der Waals surface area contributed by atoms with Crippen molar-refractivity contribution in [3.05, 3.63) is 48.2 Å². The van der Waals surface area contributed by atoms with Gasteiger partial charge in [0, 0.05) is 29.8 Å². The van der Waals surface area contributed by atoms with Crippen LogP contribution in [0, 0.1) is 5.92 Å². The van der Waals surface area contributed by atoms with Crippen LogP contribution in [-0.4, -0.2) is 39.1 Å². The van der Waals surface area contributed by atoms with Crippen LogP contribution in [0.25, 0.3) is 16.9 Å². The van der Waals surface area contributed by atoms with E-state index in [4.69, 9.17) is 10.8 Å². The number of carbonyl (C=O) groups excluding carboxylic acids is 1. The summed E-state index contributed by atoms with van der Waals surface area (Å²) in [6.45, 7) is 4.99. The van der Waals surface area contributed by atoms with E-state index in [1.807, 2.05) is 47.1 Å². The number of benzene rings is 1. The van der Waals surface area contributed by atoms with E-state index in [0.717, 1.165) is 54.8 Å². The van der Waals surface area contributed by atoms with Gasteiger partial charge in [0.25, 0.3) is 5.91 Å². The van der Waals surface area contributed by atoms with E-state index in [2.05, 4.69) is 29.5 Å². The Balaban J connectivity index is 1.48. The quantitative estimate of drug-likeness (QED) is 0.539. The zero-order chi connectivity index (χ0) is 21.8. The first kappa shape index (κ1) is 21.3. The summed E-state index contributed by atoms with van der Waals surface area (Å²) in [6.07, 6.45) is 7.03. The summed E-state index contributed by atoms with van der Waals surface area (Å²) < 4.78 is 1.86. The maximum absolute atomic E-state index is 12.3. The van der Waals surface area contributed by atoms with E-state index in [-0.39, 0.29) is 5.91 Å². The van der Waals surface area contributed by atoms with Gasteiger partial charge in [-0.1, -0.05) is 26.0 Å². The topological polar surface area (TPSA) is 97.3 Å². The van der Waals surface area contributed by atoms with Crippen LogP contribution in [0.2, 0.25) is 0 Å². The number of nitrogens with one attached hydrogen (secondary N) is 2. The third-order valence-corrected chi connectivity index (χ3v) is 5.94. The number of amides is 1. The number of hydrogen-bond donors (Lipinski definition) is 3.